The smallest absolute Gasteiger partial charge is 0.270 e. The van der Waals surface area contributed by atoms with Gasteiger partial charge in [0, 0.05) is 42.9 Å². The van der Waals surface area contributed by atoms with Crippen molar-refractivity contribution in [3.8, 4) is 5.75 Å². The number of halogens is 1. The van der Waals surface area contributed by atoms with Crippen LogP contribution in [-0.2, 0) is 17.9 Å². The molecule has 2 aliphatic heterocycles. The van der Waals surface area contributed by atoms with Gasteiger partial charge in [-0.25, -0.2) is 4.39 Å². The number of aromatic nitrogens is 1. The molecule has 2 bridgehead atoms. The lowest BCUT2D eigenvalue weighted by atomic mass is 9.83. The number of nitrogens with zero attached hydrogens (tertiary/aromatic N) is 2. The van der Waals surface area contributed by atoms with E-state index in [4.69, 9.17) is 4.74 Å². The molecular weight excluding hydrogens is 533 g/mol. The third kappa shape index (κ3) is 6.02. The zero-order valence-corrected chi connectivity index (χ0v) is 22.9. The van der Waals surface area contributed by atoms with E-state index in [-0.39, 0.29) is 34.6 Å². The summed E-state index contributed by atoms with van der Waals surface area (Å²) in [5.74, 6) is -0.423. The molecule has 1 aromatic heterocycles. The van der Waals surface area contributed by atoms with Crippen molar-refractivity contribution < 1.29 is 18.7 Å². The van der Waals surface area contributed by atoms with Gasteiger partial charge in [-0.05, 0) is 72.0 Å². The van der Waals surface area contributed by atoms with Crippen molar-refractivity contribution >= 4 is 17.9 Å². The Morgan fingerprint density at radius 3 is 2.40 bits per heavy atom. The molecular formula is C34H30FN3O4. The highest BCUT2D eigenvalue weighted by Gasteiger charge is 2.37. The Balaban J connectivity index is 1.24. The first-order valence-electron chi connectivity index (χ1n) is 14.0. The molecule has 0 spiro atoms. The van der Waals surface area contributed by atoms with Gasteiger partial charge in [0.2, 0.25) is 0 Å². The topological polar surface area (TPSA) is 80.6 Å². The van der Waals surface area contributed by atoms with Crippen molar-refractivity contribution in [3.05, 3.63) is 141 Å². The summed E-state index contributed by atoms with van der Waals surface area (Å²) in [6.45, 7) is 1.90. The number of hydrogen-bond acceptors (Lipinski definition) is 4. The van der Waals surface area contributed by atoms with Gasteiger partial charge < -0.3 is 19.5 Å². The Morgan fingerprint density at radius 2 is 1.64 bits per heavy atom. The van der Waals surface area contributed by atoms with E-state index in [0.717, 1.165) is 17.7 Å². The van der Waals surface area contributed by atoms with E-state index in [9.17, 15) is 18.8 Å². The molecule has 0 aliphatic carbocycles. The number of likely N-dealkylation sites (tertiary alicyclic amines) is 1. The number of carbonyl (C=O) groups is 2. The maximum Gasteiger partial charge on any atom is 0.270 e. The van der Waals surface area contributed by atoms with E-state index in [1.54, 1.807) is 23.1 Å². The molecule has 42 heavy (non-hydrogen) atoms. The molecule has 7 nitrogen and oxygen atoms in total. The number of pyridine rings is 1. The van der Waals surface area contributed by atoms with Crippen LogP contribution in [0.1, 0.15) is 39.5 Å². The maximum absolute atomic E-state index is 13.9. The number of hydrogen-bond donors (Lipinski definition) is 1. The molecule has 3 aromatic carbocycles. The van der Waals surface area contributed by atoms with E-state index >= 15 is 0 Å². The van der Waals surface area contributed by atoms with Crippen molar-refractivity contribution in [2.45, 2.75) is 25.5 Å². The molecule has 4 aromatic rings. The molecule has 6 rings (SSSR count). The van der Waals surface area contributed by atoms with Crippen LogP contribution in [-0.4, -0.2) is 34.4 Å². The zero-order chi connectivity index (χ0) is 29.1. The molecule has 2 amide bonds. The average molecular weight is 564 g/mol. The predicted octanol–water partition coefficient (Wildman–Crippen LogP) is 4.98. The number of rotatable bonds is 7. The summed E-state index contributed by atoms with van der Waals surface area (Å²) >= 11 is 0. The van der Waals surface area contributed by atoms with Crippen LogP contribution in [0.4, 0.5) is 4.39 Å². The van der Waals surface area contributed by atoms with Gasteiger partial charge in [-0.1, -0.05) is 48.5 Å². The van der Waals surface area contributed by atoms with E-state index in [0.29, 0.717) is 37.6 Å². The highest BCUT2D eigenvalue weighted by Crippen LogP contribution is 2.35. The highest BCUT2D eigenvalue weighted by molar-refractivity contribution is 6.05. The van der Waals surface area contributed by atoms with Crippen molar-refractivity contribution in [1.29, 1.82) is 0 Å². The monoisotopic (exact) mass is 563 g/mol. The first-order valence-corrected chi connectivity index (χ1v) is 14.0. The quantitative estimate of drug-likeness (QED) is 0.322. The van der Waals surface area contributed by atoms with Crippen molar-refractivity contribution in [3.63, 3.8) is 0 Å². The summed E-state index contributed by atoms with van der Waals surface area (Å²) in [4.78, 5) is 41.2. The first-order chi connectivity index (χ1) is 20.4. The summed E-state index contributed by atoms with van der Waals surface area (Å²) in [7, 11) is 0. The minimum atomic E-state index is -0.508. The first kappa shape index (κ1) is 27.2. The van der Waals surface area contributed by atoms with E-state index < -0.39 is 11.7 Å². The van der Waals surface area contributed by atoms with Crippen LogP contribution < -0.4 is 15.6 Å². The average Bonchev–Trinajstić information content (AvgIpc) is 3.01. The summed E-state index contributed by atoms with van der Waals surface area (Å²) < 4.78 is 21.2. The van der Waals surface area contributed by atoms with Gasteiger partial charge in [0.05, 0.1) is 0 Å². The number of amides is 2. The summed E-state index contributed by atoms with van der Waals surface area (Å²) in [5, 5.41) is 2.78. The summed E-state index contributed by atoms with van der Waals surface area (Å²) in [6, 6.07) is 27.6. The van der Waals surface area contributed by atoms with Crippen LogP contribution in [0.3, 0.4) is 0 Å². The Bertz CT molecular complexity index is 1680. The van der Waals surface area contributed by atoms with Gasteiger partial charge in [-0.2, -0.15) is 0 Å². The molecule has 2 atom stereocenters. The second-order valence-corrected chi connectivity index (χ2v) is 10.8. The fourth-order valence-corrected chi connectivity index (χ4v) is 5.75. The number of nitrogens with one attached hydrogen (secondary N) is 1. The Labute approximate surface area is 242 Å². The number of ether oxygens (including phenoxy) is 1. The third-order valence-corrected chi connectivity index (χ3v) is 7.79. The standard InChI is InChI=1S/C34H30FN3O4/c35-28-13-11-26(12-14-28)33(40)36-30(18-23-9-15-29(16-10-23)42-22-24-5-2-1-3-6-24)34(41)37-19-25-17-27(21-37)31-7-4-8-32(39)38(31)20-25/h1-16,18,25,27H,17,19-22H2,(H,36,40)/b30-18-/t25-,27+/m1/s1. The molecule has 212 valence electrons. The highest BCUT2D eigenvalue weighted by atomic mass is 19.1. The van der Waals surface area contributed by atoms with Crippen LogP contribution >= 0.6 is 0 Å². The number of fused-ring (bicyclic) bond motifs is 4. The van der Waals surface area contributed by atoms with Gasteiger partial charge >= 0.3 is 0 Å². The number of piperidine rings is 1. The van der Waals surface area contributed by atoms with Crippen LogP contribution in [0.5, 0.6) is 5.75 Å². The molecule has 0 radical (unpaired) electrons. The molecule has 0 saturated carbocycles. The van der Waals surface area contributed by atoms with Gasteiger partial charge in [-0.3, -0.25) is 14.4 Å². The molecule has 1 fully saturated rings. The van der Waals surface area contributed by atoms with E-state index in [1.807, 2.05) is 65.2 Å². The minimum absolute atomic E-state index is 0.0229. The number of carbonyl (C=O) groups excluding carboxylic acids is 2. The minimum Gasteiger partial charge on any atom is -0.489 e. The Hall–Kier alpha value is -4.98. The second-order valence-electron chi connectivity index (χ2n) is 10.8. The lowest BCUT2D eigenvalue weighted by Crippen LogP contribution is -2.50. The Morgan fingerprint density at radius 1 is 0.881 bits per heavy atom. The molecule has 2 aliphatic rings. The van der Waals surface area contributed by atoms with Gasteiger partial charge in [-0.15, -0.1) is 0 Å². The van der Waals surface area contributed by atoms with E-state index in [1.165, 1.54) is 24.3 Å². The summed E-state index contributed by atoms with van der Waals surface area (Å²) in [6.07, 6.45) is 2.55. The largest absolute Gasteiger partial charge is 0.489 e. The second kappa shape index (κ2) is 11.9. The van der Waals surface area contributed by atoms with Crippen LogP contribution in [0.2, 0.25) is 0 Å². The normalized spacial score (nSPS) is 17.7. The molecule has 0 unspecified atom stereocenters. The van der Waals surface area contributed by atoms with Gasteiger partial charge in [0.15, 0.2) is 0 Å². The predicted molar refractivity (Wildman–Crippen MR) is 157 cm³/mol. The lowest BCUT2D eigenvalue weighted by Gasteiger charge is -2.43. The summed E-state index contributed by atoms with van der Waals surface area (Å²) in [5.41, 5.74) is 3.03. The van der Waals surface area contributed by atoms with Crippen LogP contribution in [0.25, 0.3) is 6.08 Å². The van der Waals surface area contributed by atoms with Crippen molar-refractivity contribution in [1.82, 2.24) is 14.8 Å². The molecule has 3 heterocycles. The van der Waals surface area contributed by atoms with Crippen molar-refractivity contribution in [2.75, 3.05) is 13.1 Å². The van der Waals surface area contributed by atoms with Crippen LogP contribution in [0, 0.1) is 11.7 Å². The van der Waals surface area contributed by atoms with Gasteiger partial charge in [0.25, 0.3) is 17.4 Å². The molecule has 1 saturated heterocycles. The zero-order valence-electron chi connectivity index (χ0n) is 22.9. The fourth-order valence-electron chi connectivity index (χ4n) is 5.75. The third-order valence-electron chi connectivity index (χ3n) is 7.79. The van der Waals surface area contributed by atoms with Gasteiger partial charge in [0.1, 0.15) is 23.9 Å². The van der Waals surface area contributed by atoms with E-state index in [2.05, 4.69) is 5.32 Å². The fraction of sp³-hybridized carbons (Fsp3) is 0.206. The molecule has 8 heteroatoms. The Kier molecular flexibility index (Phi) is 7.68. The van der Waals surface area contributed by atoms with Crippen molar-refractivity contribution in [2.24, 2.45) is 5.92 Å². The molecule has 1 N–H and O–H groups in total. The SMILES string of the molecule is O=C(N/C(=C\c1ccc(OCc2ccccc2)cc1)C(=O)N1C[C@H]2C[C@@H](C1)c1cccc(=O)n1C2)c1ccc(F)cc1. The van der Waals surface area contributed by atoms with Crippen LogP contribution in [0.15, 0.2) is 108 Å². The lowest BCUT2D eigenvalue weighted by molar-refractivity contribution is -0.130. The number of benzene rings is 3. The maximum atomic E-state index is 13.9.